The highest BCUT2D eigenvalue weighted by Gasteiger charge is 2.01. The summed E-state index contributed by atoms with van der Waals surface area (Å²) in [7, 11) is 0. The molecule has 0 N–H and O–H groups in total. The largest absolute Gasteiger partial charge is 0.254 e. The van der Waals surface area contributed by atoms with Gasteiger partial charge in [-0.15, -0.1) is 0 Å². The fourth-order valence-electron chi connectivity index (χ4n) is 1.85. The first-order valence-corrected chi connectivity index (χ1v) is 4.95. The van der Waals surface area contributed by atoms with E-state index in [9.17, 15) is 0 Å². The summed E-state index contributed by atoms with van der Waals surface area (Å²) in [6, 6.07) is 10.3. The Balaban J connectivity index is 2.55. The van der Waals surface area contributed by atoms with Crippen LogP contribution in [0.15, 0.2) is 42.7 Å². The molecule has 0 spiro atoms. The summed E-state index contributed by atoms with van der Waals surface area (Å²) < 4.78 is 0. The number of hydrogen-bond donors (Lipinski definition) is 0. The molecule has 0 atom stereocenters. The minimum absolute atomic E-state index is 0.953. The maximum Gasteiger partial charge on any atom is 0.0964 e. The number of benzene rings is 1. The highest BCUT2D eigenvalue weighted by molar-refractivity contribution is 6.02. The smallest absolute Gasteiger partial charge is 0.0964 e. The molecule has 0 aliphatic carbocycles. The fourth-order valence-corrected chi connectivity index (χ4v) is 1.85. The van der Waals surface area contributed by atoms with E-state index < -0.39 is 0 Å². The van der Waals surface area contributed by atoms with Crippen LogP contribution in [0.5, 0.6) is 0 Å². The minimum Gasteiger partial charge on any atom is -0.254 e. The van der Waals surface area contributed by atoms with Crippen molar-refractivity contribution < 1.29 is 0 Å². The van der Waals surface area contributed by atoms with Crippen molar-refractivity contribution in [2.75, 3.05) is 0 Å². The molecule has 2 heteroatoms. The van der Waals surface area contributed by atoms with Gasteiger partial charge < -0.3 is 0 Å². The van der Waals surface area contributed by atoms with Gasteiger partial charge in [0.05, 0.1) is 11.0 Å². The number of nitrogens with zero attached hydrogens (tertiary/aromatic N) is 2. The molecule has 15 heavy (non-hydrogen) atoms. The molecule has 0 saturated heterocycles. The van der Waals surface area contributed by atoms with E-state index in [0.29, 0.717) is 0 Å². The van der Waals surface area contributed by atoms with Gasteiger partial charge in [0, 0.05) is 23.2 Å². The van der Waals surface area contributed by atoms with Gasteiger partial charge >= 0.3 is 0 Å². The molecular weight excluding hydrogens is 184 g/mol. The monoisotopic (exact) mass is 194 g/mol. The third-order valence-corrected chi connectivity index (χ3v) is 2.59. The van der Waals surface area contributed by atoms with E-state index in [1.54, 1.807) is 0 Å². The van der Waals surface area contributed by atoms with Gasteiger partial charge in [0.15, 0.2) is 0 Å². The van der Waals surface area contributed by atoms with Gasteiger partial charge in [0.2, 0.25) is 0 Å². The van der Waals surface area contributed by atoms with E-state index in [0.717, 1.165) is 16.4 Å². The molecule has 2 aromatic heterocycles. The van der Waals surface area contributed by atoms with Crippen LogP contribution >= 0.6 is 0 Å². The lowest BCUT2D eigenvalue weighted by atomic mass is 10.1. The predicted octanol–water partition coefficient (Wildman–Crippen LogP) is 3.09. The van der Waals surface area contributed by atoms with Gasteiger partial charge in [0.1, 0.15) is 0 Å². The Kier molecular flexibility index (Phi) is 1.68. The van der Waals surface area contributed by atoms with Gasteiger partial charge in [-0.3, -0.25) is 9.97 Å². The first-order chi connectivity index (χ1) is 7.34. The average molecular weight is 194 g/mol. The molecule has 0 aliphatic heterocycles. The van der Waals surface area contributed by atoms with Crippen molar-refractivity contribution in [3.63, 3.8) is 0 Å². The third-order valence-electron chi connectivity index (χ3n) is 2.59. The summed E-state index contributed by atoms with van der Waals surface area (Å²) in [5.41, 5.74) is 3.18. The van der Waals surface area contributed by atoms with Crippen LogP contribution < -0.4 is 0 Å². The van der Waals surface area contributed by atoms with Gasteiger partial charge in [-0.1, -0.05) is 17.7 Å². The van der Waals surface area contributed by atoms with Crippen molar-refractivity contribution in [2.24, 2.45) is 0 Å². The molecule has 0 unspecified atom stereocenters. The molecule has 1 aromatic carbocycles. The number of fused-ring (bicyclic) bond motifs is 3. The van der Waals surface area contributed by atoms with Crippen molar-refractivity contribution in [1.29, 1.82) is 0 Å². The molecule has 2 nitrogen and oxygen atoms in total. The van der Waals surface area contributed by atoms with Gasteiger partial charge in [-0.2, -0.15) is 0 Å². The fraction of sp³-hybridized carbons (Fsp3) is 0.0769. The summed E-state index contributed by atoms with van der Waals surface area (Å²) in [4.78, 5) is 8.76. The molecule has 0 bridgehead atoms. The van der Waals surface area contributed by atoms with E-state index in [4.69, 9.17) is 0 Å². The minimum atomic E-state index is 0.953. The lowest BCUT2D eigenvalue weighted by molar-refractivity contribution is 1.36. The normalized spacial score (nSPS) is 11.0. The Morgan fingerprint density at radius 1 is 1.07 bits per heavy atom. The molecule has 0 fully saturated rings. The van der Waals surface area contributed by atoms with E-state index in [2.05, 4.69) is 35.1 Å². The number of rotatable bonds is 0. The van der Waals surface area contributed by atoms with Crippen LogP contribution in [0, 0.1) is 6.92 Å². The Morgan fingerprint density at radius 3 is 2.93 bits per heavy atom. The maximum atomic E-state index is 4.39. The SMILES string of the molecule is Cc1ccc2c(cnc3cccnc32)c1. The van der Waals surface area contributed by atoms with Gasteiger partial charge in [-0.05, 0) is 25.1 Å². The van der Waals surface area contributed by atoms with E-state index in [1.165, 1.54) is 10.9 Å². The zero-order valence-electron chi connectivity index (χ0n) is 8.44. The summed E-state index contributed by atoms with van der Waals surface area (Å²) in [6.45, 7) is 2.09. The van der Waals surface area contributed by atoms with Crippen LogP contribution in [0.25, 0.3) is 21.8 Å². The van der Waals surface area contributed by atoms with Gasteiger partial charge in [-0.25, -0.2) is 0 Å². The van der Waals surface area contributed by atoms with Crippen LogP contribution in [-0.2, 0) is 0 Å². The number of pyridine rings is 2. The lowest BCUT2D eigenvalue weighted by Gasteiger charge is -2.02. The maximum absolute atomic E-state index is 4.39. The van der Waals surface area contributed by atoms with Crippen molar-refractivity contribution in [2.45, 2.75) is 6.92 Å². The molecule has 0 amide bonds. The summed E-state index contributed by atoms with van der Waals surface area (Å²) in [5.74, 6) is 0. The van der Waals surface area contributed by atoms with Crippen molar-refractivity contribution in [3.05, 3.63) is 48.3 Å². The highest BCUT2D eigenvalue weighted by atomic mass is 14.7. The predicted molar refractivity (Wildman–Crippen MR) is 61.8 cm³/mol. The second-order valence-electron chi connectivity index (χ2n) is 3.72. The first kappa shape index (κ1) is 8.36. The van der Waals surface area contributed by atoms with Crippen molar-refractivity contribution in [3.8, 4) is 0 Å². The highest BCUT2D eigenvalue weighted by Crippen LogP contribution is 2.21. The first-order valence-electron chi connectivity index (χ1n) is 4.95. The molecule has 3 rings (SSSR count). The van der Waals surface area contributed by atoms with Crippen LogP contribution in [0.1, 0.15) is 5.56 Å². The lowest BCUT2D eigenvalue weighted by Crippen LogP contribution is -1.85. The van der Waals surface area contributed by atoms with Crippen LogP contribution in [0.4, 0.5) is 0 Å². The Morgan fingerprint density at radius 2 is 2.00 bits per heavy atom. The summed E-state index contributed by atoms with van der Waals surface area (Å²) in [6.07, 6.45) is 3.72. The molecule has 0 aliphatic rings. The van der Waals surface area contributed by atoms with E-state index in [-0.39, 0.29) is 0 Å². The van der Waals surface area contributed by atoms with Gasteiger partial charge in [0.25, 0.3) is 0 Å². The number of hydrogen-bond acceptors (Lipinski definition) is 2. The second-order valence-corrected chi connectivity index (χ2v) is 3.72. The van der Waals surface area contributed by atoms with Crippen LogP contribution in [0.2, 0.25) is 0 Å². The quantitative estimate of drug-likeness (QED) is 0.514. The Labute approximate surface area is 87.6 Å². The standard InChI is InChI=1S/C13H10N2/c1-9-4-5-11-10(7-9)8-15-12-3-2-6-14-13(11)12/h2-8H,1H3. The Bertz CT molecular complexity index is 644. The zero-order chi connectivity index (χ0) is 10.3. The third kappa shape index (κ3) is 1.26. The summed E-state index contributed by atoms with van der Waals surface area (Å²) in [5, 5.41) is 2.33. The molecule has 0 saturated carbocycles. The van der Waals surface area contributed by atoms with E-state index in [1.807, 2.05) is 24.5 Å². The van der Waals surface area contributed by atoms with Crippen LogP contribution in [0.3, 0.4) is 0 Å². The molecule has 3 aromatic rings. The number of aromatic nitrogens is 2. The Hall–Kier alpha value is -1.96. The molecule has 2 heterocycles. The summed E-state index contributed by atoms with van der Waals surface area (Å²) >= 11 is 0. The van der Waals surface area contributed by atoms with Crippen molar-refractivity contribution in [1.82, 2.24) is 9.97 Å². The molecule has 0 radical (unpaired) electrons. The average Bonchev–Trinajstić information content (AvgIpc) is 2.28. The van der Waals surface area contributed by atoms with Crippen LogP contribution in [-0.4, -0.2) is 9.97 Å². The molecular formula is C13H10N2. The van der Waals surface area contributed by atoms with E-state index >= 15 is 0 Å². The topological polar surface area (TPSA) is 25.8 Å². The molecule has 72 valence electrons. The zero-order valence-corrected chi connectivity index (χ0v) is 8.44. The number of aryl methyl sites for hydroxylation is 1. The van der Waals surface area contributed by atoms with Crippen molar-refractivity contribution >= 4 is 21.8 Å². The second kappa shape index (κ2) is 3.02.